The molecule has 0 heterocycles. The molecule has 2 aromatic rings. The van der Waals surface area contributed by atoms with Crippen LogP contribution in [0.3, 0.4) is 0 Å². The lowest BCUT2D eigenvalue weighted by Gasteiger charge is -2.21. The van der Waals surface area contributed by atoms with Crippen molar-refractivity contribution in [3.8, 4) is 5.75 Å². The van der Waals surface area contributed by atoms with Crippen LogP contribution in [0.2, 0.25) is 0 Å². The van der Waals surface area contributed by atoms with E-state index < -0.39 is 0 Å². The first-order valence-electron chi connectivity index (χ1n) is 8.76. The molecule has 0 spiro atoms. The van der Waals surface area contributed by atoms with Gasteiger partial charge in [0.1, 0.15) is 5.75 Å². The highest BCUT2D eigenvalue weighted by Gasteiger charge is 2.17. The number of rotatable bonds is 7. The van der Waals surface area contributed by atoms with E-state index in [0.717, 1.165) is 30.8 Å². The molecule has 0 N–H and O–H groups in total. The molecule has 0 aliphatic heterocycles. The molecule has 0 bridgehead atoms. The molecule has 0 fully saturated rings. The molecule has 2 aromatic carbocycles. The maximum atomic E-state index is 11.7. The Morgan fingerprint density at radius 3 is 2.48 bits per heavy atom. The van der Waals surface area contributed by atoms with Gasteiger partial charge in [-0.1, -0.05) is 48.0 Å². The van der Waals surface area contributed by atoms with Gasteiger partial charge in [-0.25, -0.2) is 0 Å². The van der Waals surface area contributed by atoms with Crippen molar-refractivity contribution in [2.75, 3.05) is 7.11 Å². The number of thioether (sulfide) groups is 1. The molecule has 3 heteroatoms. The second-order valence-corrected chi connectivity index (χ2v) is 7.58. The highest BCUT2D eigenvalue weighted by molar-refractivity contribution is 7.98. The summed E-state index contributed by atoms with van der Waals surface area (Å²) in [4.78, 5) is 11.7. The van der Waals surface area contributed by atoms with Crippen LogP contribution >= 0.6 is 11.8 Å². The van der Waals surface area contributed by atoms with Crippen molar-refractivity contribution in [3.63, 3.8) is 0 Å². The minimum absolute atomic E-state index is 0.285. The lowest BCUT2D eigenvalue weighted by atomic mass is 9.93. The number of allylic oxidation sites excluding steroid dienone is 2. The summed E-state index contributed by atoms with van der Waals surface area (Å²) in [6.07, 6.45) is 5.59. The summed E-state index contributed by atoms with van der Waals surface area (Å²) in [5.74, 6) is 2.12. The van der Waals surface area contributed by atoms with Crippen LogP contribution in [0.15, 0.2) is 66.2 Å². The van der Waals surface area contributed by atoms with Gasteiger partial charge >= 0.3 is 0 Å². The number of carbonyl (C=O) groups excluding carboxylic acids is 1. The molecule has 0 unspecified atom stereocenters. The van der Waals surface area contributed by atoms with Gasteiger partial charge in [-0.05, 0) is 48.6 Å². The normalized spacial score (nSPS) is 15.6. The second-order valence-electron chi connectivity index (χ2n) is 6.38. The smallest absolute Gasteiger partial charge is 0.155 e. The van der Waals surface area contributed by atoms with E-state index >= 15 is 0 Å². The zero-order valence-electron chi connectivity index (χ0n) is 14.6. The highest BCUT2D eigenvalue weighted by atomic mass is 32.2. The Hall–Kier alpha value is -2.00. The predicted molar refractivity (Wildman–Crippen MR) is 105 cm³/mol. The van der Waals surface area contributed by atoms with Gasteiger partial charge in [0.25, 0.3) is 0 Å². The molecule has 130 valence electrons. The summed E-state index contributed by atoms with van der Waals surface area (Å²) in [6, 6.07) is 18.9. The lowest BCUT2D eigenvalue weighted by Crippen LogP contribution is -2.05. The van der Waals surface area contributed by atoms with E-state index in [4.69, 9.17) is 4.74 Å². The Morgan fingerprint density at radius 1 is 1.04 bits per heavy atom. The molecule has 25 heavy (non-hydrogen) atoms. The van der Waals surface area contributed by atoms with Crippen LogP contribution in [0.25, 0.3) is 0 Å². The van der Waals surface area contributed by atoms with Crippen molar-refractivity contribution in [2.24, 2.45) is 0 Å². The van der Waals surface area contributed by atoms with E-state index in [1.807, 2.05) is 30.0 Å². The van der Waals surface area contributed by atoms with Crippen LogP contribution < -0.4 is 4.74 Å². The molecule has 3 rings (SSSR count). The largest absolute Gasteiger partial charge is 0.497 e. The van der Waals surface area contributed by atoms with Gasteiger partial charge in [0, 0.05) is 17.4 Å². The summed E-state index contributed by atoms with van der Waals surface area (Å²) in [7, 11) is 1.69. The maximum absolute atomic E-state index is 11.7. The number of hydrogen-bond donors (Lipinski definition) is 0. The van der Waals surface area contributed by atoms with E-state index in [0.29, 0.717) is 11.7 Å². The monoisotopic (exact) mass is 352 g/mol. The minimum Gasteiger partial charge on any atom is -0.497 e. The summed E-state index contributed by atoms with van der Waals surface area (Å²) in [5, 5.41) is 0.375. The lowest BCUT2D eigenvalue weighted by molar-refractivity contribution is -0.115. The average molecular weight is 352 g/mol. The summed E-state index contributed by atoms with van der Waals surface area (Å²) in [6.45, 7) is 0. The molecule has 0 aromatic heterocycles. The number of benzene rings is 2. The van der Waals surface area contributed by atoms with E-state index in [2.05, 4.69) is 42.5 Å². The van der Waals surface area contributed by atoms with Crippen LogP contribution in [-0.2, 0) is 10.5 Å². The predicted octanol–water partition coefficient (Wildman–Crippen LogP) is 5.74. The summed E-state index contributed by atoms with van der Waals surface area (Å²) in [5.41, 5.74) is 3.92. The van der Waals surface area contributed by atoms with Gasteiger partial charge in [0.05, 0.1) is 7.11 Å². The number of methoxy groups -OCH3 is 1. The molecule has 0 saturated carbocycles. The molecule has 2 nitrogen and oxygen atoms in total. The van der Waals surface area contributed by atoms with Crippen LogP contribution in [0.5, 0.6) is 5.75 Å². The van der Waals surface area contributed by atoms with E-state index in [9.17, 15) is 4.79 Å². The molecular weight excluding hydrogens is 328 g/mol. The fourth-order valence-electron chi connectivity index (χ4n) is 3.12. The molecule has 0 saturated heterocycles. The van der Waals surface area contributed by atoms with Crippen LogP contribution in [0.4, 0.5) is 0 Å². The Balaban J connectivity index is 1.71. The van der Waals surface area contributed by atoms with Crippen molar-refractivity contribution in [3.05, 3.63) is 77.4 Å². The Morgan fingerprint density at radius 2 is 1.80 bits per heavy atom. The Labute approximate surface area is 154 Å². The van der Waals surface area contributed by atoms with Gasteiger partial charge in [-0.3, -0.25) is 4.79 Å². The SMILES string of the molecule is COc1ccc(CS[C@H](CC2=CC(=O)CCC2)c2ccccc2)cc1. The third kappa shape index (κ3) is 5.23. The van der Waals surface area contributed by atoms with Gasteiger partial charge in [0.15, 0.2) is 5.78 Å². The first-order valence-corrected chi connectivity index (χ1v) is 9.81. The van der Waals surface area contributed by atoms with Crippen molar-refractivity contribution in [1.82, 2.24) is 0 Å². The highest BCUT2D eigenvalue weighted by Crippen LogP contribution is 2.38. The minimum atomic E-state index is 0.285. The second kappa shape index (κ2) is 8.91. The van der Waals surface area contributed by atoms with E-state index in [1.54, 1.807) is 7.11 Å². The third-order valence-corrected chi connectivity index (χ3v) is 5.86. The van der Waals surface area contributed by atoms with Crippen LogP contribution in [-0.4, -0.2) is 12.9 Å². The molecule has 1 atom stereocenters. The third-order valence-electron chi connectivity index (χ3n) is 4.52. The van der Waals surface area contributed by atoms with Crippen molar-refractivity contribution >= 4 is 17.5 Å². The average Bonchev–Trinajstić information content (AvgIpc) is 2.66. The molecule has 0 radical (unpaired) electrons. The molecular formula is C22H24O2S. The van der Waals surface area contributed by atoms with Crippen molar-refractivity contribution < 1.29 is 9.53 Å². The Kier molecular flexibility index (Phi) is 6.35. The standard InChI is InChI=1S/C22H24O2S/c1-24-21-12-10-17(11-13-21)16-25-22(19-7-3-2-4-8-19)15-18-6-5-9-20(23)14-18/h2-4,7-8,10-14,22H,5-6,9,15-16H2,1H3/t22-/m1/s1. The zero-order valence-corrected chi connectivity index (χ0v) is 15.4. The Bertz CT molecular complexity index is 719. The zero-order chi connectivity index (χ0) is 17.5. The van der Waals surface area contributed by atoms with Crippen molar-refractivity contribution in [1.29, 1.82) is 0 Å². The number of hydrogen-bond acceptors (Lipinski definition) is 3. The van der Waals surface area contributed by atoms with Gasteiger partial charge in [0.2, 0.25) is 0 Å². The quantitative estimate of drug-likeness (QED) is 0.635. The van der Waals surface area contributed by atoms with E-state index in [1.165, 1.54) is 16.7 Å². The summed E-state index contributed by atoms with van der Waals surface area (Å²) >= 11 is 1.94. The maximum Gasteiger partial charge on any atom is 0.155 e. The first kappa shape index (κ1) is 17.8. The van der Waals surface area contributed by atoms with Gasteiger partial charge < -0.3 is 4.74 Å². The van der Waals surface area contributed by atoms with Gasteiger partial charge in [-0.15, -0.1) is 11.8 Å². The molecule has 1 aliphatic carbocycles. The number of carbonyl (C=O) groups is 1. The van der Waals surface area contributed by atoms with Gasteiger partial charge in [-0.2, -0.15) is 0 Å². The van der Waals surface area contributed by atoms with Crippen LogP contribution in [0, 0.1) is 0 Å². The summed E-state index contributed by atoms with van der Waals surface area (Å²) < 4.78 is 5.23. The molecule has 1 aliphatic rings. The van der Waals surface area contributed by atoms with Crippen molar-refractivity contribution in [2.45, 2.75) is 36.7 Å². The number of ether oxygens (including phenoxy) is 1. The molecule has 0 amide bonds. The van der Waals surface area contributed by atoms with E-state index in [-0.39, 0.29) is 5.78 Å². The number of ketones is 1. The first-order chi connectivity index (χ1) is 12.2. The fourth-order valence-corrected chi connectivity index (χ4v) is 4.39. The van der Waals surface area contributed by atoms with Crippen LogP contribution in [0.1, 0.15) is 42.1 Å². The topological polar surface area (TPSA) is 26.3 Å². The fraction of sp³-hybridized carbons (Fsp3) is 0.318.